The number of aryl methyl sites for hydroxylation is 1. The summed E-state index contributed by atoms with van der Waals surface area (Å²) in [6.45, 7) is 4.87. The molecule has 1 amide bonds. The fourth-order valence-electron chi connectivity index (χ4n) is 2.10. The van der Waals surface area contributed by atoms with Gasteiger partial charge in [0.25, 0.3) is 0 Å². The Labute approximate surface area is 111 Å². The molecule has 0 unspecified atom stereocenters. The van der Waals surface area contributed by atoms with Crippen molar-refractivity contribution in [2.45, 2.75) is 13.5 Å². The third-order valence-electron chi connectivity index (χ3n) is 3.33. The van der Waals surface area contributed by atoms with Gasteiger partial charge in [-0.05, 0) is 14.0 Å². The lowest BCUT2D eigenvalue weighted by Gasteiger charge is -2.32. The summed E-state index contributed by atoms with van der Waals surface area (Å²) in [5, 5.41) is 13.0. The van der Waals surface area contributed by atoms with E-state index in [2.05, 4.69) is 10.00 Å². The van der Waals surface area contributed by atoms with Crippen LogP contribution in [0, 0.1) is 6.92 Å². The second-order valence-corrected chi connectivity index (χ2v) is 4.81. The highest BCUT2D eigenvalue weighted by Gasteiger charge is 2.20. The van der Waals surface area contributed by atoms with Crippen LogP contribution in [0.2, 0.25) is 0 Å². The van der Waals surface area contributed by atoms with Gasteiger partial charge >= 0.3 is 5.97 Å². The van der Waals surface area contributed by atoms with E-state index < -0.39 is 5.97 Å². The van der Waals surface area contributed by atoms with Crippen LogP contribution in [0.5, 0.6) is 0 Å². The highest BCUT2D eigenvalue weighted by Crippen LogP contribution is 2.07. The van der Waals surface area contributed by atoms with Crippen molar-refractivity contribution >= 4 is 11.9 Å². The molecular weight excluding hydrogens is 248 g/mol. The van der Waals surface area contributed by atoms with Crippen molar-refractivity contribution in [2.24, 2.45) is 0 Å². The number of amides is 1. The summed E-state index contributed by atoms with van der Waals surface area (Å²) in [6.07, 6.45) is 1.41. The number of piperazine rings is 1. The molecule has 0 spiro atoms. The molecule has 2 heterocycles. The molecular formula is C12H18N4O3. The van der Waals surface area contributed by atoms with Gasteiger partial charge in [-0.25, -0.2) is 4.79 Å². The van der Waals surface area contributed by atoms with Crippen LogP contribution in [-0.4, -0.2) is 69.8 Å². The zero-order valence-corrected chi connectivity index (χ0v) is 11.2. The lowest BCUT2D eigenvalue weighted by molar-refractivity contribution is -0.133. The predicted octanol–water partition coefficient (Wildman–Crippen LogP) is -0.336. The van der Waals surface area contributed by atoms with Gasteiger partial charge < -0.3 is 14.9 Å². The van der Waals surface area contributed by atoms with Crippen molar-refractivity contribution in [2.75, 3.05) is 33.2 Å². The number of hydrogen-bond acceptors (Lipinski definition) is 4. The van der Waals surface area contributed by atoms with E-state index in [0.717, 1.165) is 13.1 Å². The van der Waals surface area contributed by atoms with Crippen LogP contribution < -0.4 is 0 Å². The van der Waals surface area contributed by atoms with Crippen LogP contribution in [0.1, 0.15) is 16.1 Å². The Hall–Kier alpha value is -1.89. The number of likely N-dealkylation sites (N-methyl/N-ethyl adjacent to an activating group) is 1. The maximum Gasteiger partial charge on any atom is 0.339 e. The minimum Gasteiger partial charge on any atom is -0.478 e. The highest BCUT2D eigenvalue weighted by molar-refractivity contribution is 5.88. The Morgan fingerprint density at radius 3 is 2.47 bits per heavy atom. The summed E-state index contributed by atoms with van der Waals surface area (Å²) >= 11 is 0. The molecule has 0 bridgehead atoms. The van der Waals surface area contributed by atoms with Crippen molar-refractivity contribution in [3.05, 3.63) is 17.5 Å². The van der Waals surface area contributed by atoms with Gasteiger partial charge in [-0.1, -0.05) is 0 Å². The van der Waals surface area contributed by atoms with Crippen LogP contribution in [0.3, 0.4) is 0 Å². The second kappa shape index (κ2) is 5.40. The molecule has 1 aliphatic heterocycles. The zero-order chi connectivity index (χ0) is 14.0. The fraction of sp³-hybridized carbons (Fsp3) is 0.583. The van der Waals surface area contributed by atoms with E-state index in [4.69, 9.17) is 5.11 Å². The molecule has 104 valence electrons. The van der Waals surface area contributed by atoms with Crippen LogP contribution in [-0.2, 0) is 11.3 Å². The molecule has 1 fully saturated rings. The predicted molar refractivity (Wildman–Crippen MR) is 68.0 cm³/mol. The molecule has 7 heteroatoms. The Kier molecular flexibility index (Phi) is 3.84. The first-order valence-corrected chi connectivity index (χ1v) is 6.21. The third-order valence-corrected chi connectivity index (χ3v) is 3.33. The number of carbonyl (C=O) groups excluding carboxylic acids is 1. The Morgan fingerprint density at radius 1 is 1.32 bits per heavy atom. The summed E-state index contributed by atoms with van der Waals surface area (Å²) in [6, 6.07) is 0. The molecule has 19 heavy (non-hydrogen) atoms. The van der Waals surface area contributed by atoms with Crippen LogP contribution in [0.25, 0.3) is 0 Å². The van der Waals surface area contributed by atoms with E-state index in [-0.39, 0.29) is 18.0 Å². The van der Waals surface area contributed by atoms with Gasteiger partial charge in [0.1, 0.15) is 12.1 Å². The maximum absolute atomic E-state index is 12.1. The molecule has 7 nitrogen and oxygen atoms in total. The summed E-state index contributed by atoms with van der Waals surface area (Å²) in [5.41, 5.74) is 0.574. The van der Waals surface area contributed by atoms with Gasteiger partial charge in [0.15, 0.2) is 0 Å². The number of hydrogen-bond donors (Lipinski definition) is 1. The third kappa shape index (κ3) is 3.11. The minimum atomic E-state index is -1.02. The fourth-order valence-corrected chi connectivity index (χ4v) is 2.10. The summed E-state index contributed by atoms with van der Waals surface area (Å²) in [4.78, 5) is 26.9. The number of carbonyl (C=O) groups is 2. The topological polar surface area (TPSA) is 78.7 Å². The number of rotatable bonds is 3. The number of aromatic nitrogens is 2. The molecule has 1 aromatic heterocycles. The van der Waals surface area contributed by atoms with Crippen LogP contribution in [0.15, 0.2) is 6.20 Å². The Morgan fingerprint density at radius 2 is 1.95 bits per heavy atom. The largest absolute Gasteiger partial charge is 0.478 e. The molecule has 1 N–H and O–H groups in total. The van der Waals surface area contributed by atoms with Gasteiger partial charge in [0, 0.05) is 32.4 Å². The van der Waals surface area contributed by atoms with E-state index in [1.807, 2.05) is 7.05 Å². The normalized spacial score (nSPS) is 16.6. The summed E-state index contributed by atoms with van der Waals surface area (Å²) in [7, 11) is 2.03. The van der Waals surface area contributed by atoms with Crippen LogP contribution in [0.4, 0.5) is 0 Å². The van der Waals surface area contributed by atoms with E-state index in [1.165, 1.54) is 10.9 Å². The van der Waals surface area contributed by atoms with Crippen molar-refractivity contribution in [3.63, 3.8) is 0 Å². The molecule has 1 saturated heterocycles. The standard InChI is InChI=1S/C12H18N4O3/c1-9-10(12(18)19)7-16(13-9)8-11(17)15-5-3-14(2)4-6-15/h7H,3-6,8H2,1-2H3,(H,18,19). The average Bonchev–Trinajstić information content (AvgIpc) is 2.71. The SMILES string of the molecule is Cc1nn(CC(=O)N2CCN(C)CC2)cc1C(=O)O. The van der Waals surface area contributed by atoms with Gasteiger partial charge in [0.2, 0.25) is 5.91 Å². The smallest absolute Gasteiger partial charge is 0.339 e. The van der Waals surface area contributed by atoms with Crippen LogP contribution >= 0.6 is 0 Å². The molecule has 0 radical (unpaired) electrons. The number of nitrogens with zero attached hydrogens (tertiary/aromatic N) is 4. The molecule has 0 atom stereocenters. The highest BCUT2D eigenvalue weighted by atomic mass is 16.4. The molecule has 0 aromatic carbocycles. The lowest BCUT2D eigenvalue weighted by Crippen LogP contribution is -2.48. The minimum absolute atomic E-state index is 0.0208. The van der Waals surface area contributed by atoms with E-state index in [0.29, 0.717) is 18.8 Å². The summed E-state index contributed by atoms with van der Waals surface area (Å²) < 4.78 is 1.40. The van der Waals surface area contributed by atoms with Gasteiger partial charge in [0.05, 0.1) is 5.69 Å². The molecule has 0 aliphatic carbocycles. The number of carboxylic acid groups (broad SMARTS) is 1. The molecule has 2 rings (SSSR count). The van der Waals surface area contributed by atoms with Crippen molar-refractivity contribution in [1.82, 2.24) is 19.6 Å². The second-order valence-electron chi connectivity index (χ2n) is 4.81. The molecule has 0 saturated carbocycles. The van der Waals surface area contributed by atoms with Crippen molar-refractivity contribution in [1.29, 1.82) is 0 Å². The van der Waals surface area contributed by atoms with E-state index in [9.17, 15) is 9.59 Å². The van der Waals surface area contributed by atoms with Crippen molar-refractivity contribution in [3.8, 4) is 0 Å². The number of carboxylic acids is 1. The Bertz CT molecular complexity index is 489. The van der Waals surface area contributed by atoms with Crippen molar-refractivity contribution < 1.29 is 14.7 Å². The number of aromatic carboxylic acids is 1. The lowest BCUT2D eigenvalue weighted by atomic mass is 10.3. The first-order chi connectivity index (χ1) is 8.97. The molecule has 1 aliphatic rings. The monoisotopic (exact) mass is 266 g/mol. The first kappa shape index (κ1) is 13.5. The average molecular weight is 266 g/mol. The first-order valence-electron chi connectivity index (χ1n) is 6.21. The Balaban J connectivity index is 1.99. The van der Waals surface area contributed by atoms with Gasteiger partial charge in [-0.3, -0.25) is 9.48 Å². The molecule has 1 aromatic rings. The maximum atomic E-state index is 12.1. The van der Waals surface area contributed by atoms with E-state index in [1.54, 1.807) is 11.8 Å². The quantitative estimate of drug-likeness (QED) is 0.810. The summed E-state index contributed by atoms with van der Waals surface area (Å²) in [5.74, 6) is -1.04. The zero-order valence-electron chi connectivity index (χ0n) is 11.2. The van der Waals surface area contributed by atoms with Gasteiger partial charge in [-0.2, -0.15) is 5.10 Å². The van der Waals surface area contributed by atoms with Gasteiger partial charge in [-0.15, -0.1) is 0 Å². The van der Waals surface area contributed by atoms with E-state index >= 15 is 0 Å².